The van der Waals surface area contributed by atoms with Gasteiger partial charge in [-0.25, -0.2) is 0 Å². The van der Waals surface area contributed by atoms with Crippen molar-refractivity contribution in [2.45, 2.75) is 32.7 Å². The fourth-order valence-corrected chi connectivity index (χ4v) is 4.28. The highest BCUT2D eigenvalue weighted by molar-refractivity contribution is 9.10. The van der Waals surface area contributed by atoms with Crippen molar-refractivity contribution >= 4 is 39.1 Å². The molecule has 5 nitrogen and oxygen atoms in total. The molecule has 1 saturated heterocycles. The van der Waals surface area contributed by atoms with Crippen LogP contribution in [0.1, 0.15) is 48.1 Å². The van der Waals surface area contributed by atoms with Gasteiger partial charge in [-0.2, -0.15) is 0 Å². The maximum Gasteiger partial charge on any atom is 0.300 e. The van der Waals surface area contributed by atoms with Gasteiger partial charge >= 0.3 is 0 Å². The Morgan fingerprint density at radius 2 is 1.61 bits per heavy atom. The number of Topliss-reactive ketones (excluding diaryl/α,β-unsaturated/α-hetero) is 1. The highest BCUT2D eigenvalue weighted by Crippen LogP contribution is 2.42. The number of carbonyl (C=O) groups excluding carboxylic acids is 2. The van der Waals surface area contributed by atoms with Crippen molar-refractivity contribution in [3.05, 3.63) is 99.0 Å². The van der Waals surface area contributed by atoms with Gasteiger partial charge in [0.05, 0.1) is 11.6 Å². The molecule has 1 amide bonds. The lowest BCUT2D eigenvalue weighted by Gasteiger charge is -2.26. The number of carbonyl (C=O) groups is 2. The fourth-order valence-electron chi connectivity index (χ4n) is 4.04. The molecular formula is C27H24BrNO4. The monoisotopic (exact) mass is 505 g/mol. The molecular weight excluding hydrogens is 482 g/mol. The molecule has 33 heavy (non-hydrogen) atoms. The lowest BCUT2D eigenvalue weighted by Crippen LogP contribution is -2.29. The molecule has 0 saturated carbocycles. The Bertz CT molecular complexity index is 1260. The first-order valence-electron chi connectivity index (χ1n) is 10.7. The summed E-state index contributed by atoms with van der Waals surface area (Å²) in [5, 5.41) is 21.0. The lowest BCUT2D eigenvalue weighted by molar-refractivity contribution is -0.132. The van der Waals surface area contributed by atoms with Crippen LogP contribution in [0.15, 0.2) is 76.8 Å². The normalized spacial score (nSPS) is 17.7. The Morgan fingerprint density at radius 1 is 0.970 bits per heavy atom. The minimum Gasteiger partial charge on any atom is -0.508 e. The van der Waals surface area contributed by atoms with Crippen LogP contribution in [0.25, 0.3) is 5.76 Å². The van der Waals surface area contributed by atoms with Crippen LogP contribution >= 0.6 is 15.9 Å². The zero-order valence-corrected chi connectivity index (χ0v) is 20.1. The Balaban J connectivity index is 1.91. The van der Waals surface area contributed by atoms with Gasteiger partial charge in [0.1, 0.15) is 11.5 Å². The maximum absolute atomic E-state index is 13.2. The zero-order valence-electron chi connectivity index (χ0n) is 18.5. The van der Waals surface area contributed by atoms with E-state index in [-0.39, 0.29) is 17.1 Å². The lowest BCUT2D eigenvalue weighted by atomic mass is 9.94. The summed E-state index contributed by atoms with van der Waals surface area (Å²) >= 11 is 3.44. The third-order valence-electron chi connectivity index (χ3n) is 5.92. The standard InChI is InChI=1S/C27H24BrNO4/c1-15(2)17-4-9-20(10-5-17)29-24(18-6-11-21(30)12-7-18)23(26(32)27(29)33)25(31)19-8-13-22(28)16(3)14-19/h4-15,24,30-31H,1-3H3/b25-23-. The van der Waals surface area contributed by atoms with Gasteiger partial charge in [0.15, 0.2) is 0 Å². The molecule has 1 unspecified atom stereocenters. The van der Waals surface area contributed by atoms with Crippen LogP contribution in [0.5, 0.6) is 5.75 Å². The van der Waals surface area contributed by atoms with Crippen molar-refractivity contribution in [3.8, 4) is 5.75 Å². The van der Waals surface area contributed by atoms with Crippen molar-refractivity contribution in [2.75, 3.05) is 4.90 Å². The van der Waals surface area contributed by atoms with Gasteiger partial charge in [-0.15, -0.1) is 0 Å². The number of phenolic OH excluding ortho intramolecular Hbond substituents is 1. The fraction of sp³-hybridized carbons (Fsp3) is 0.185. The second-order valence-electron chi connectivity index (χ2n) is 8.47. The number of amides is 1. The van der Waals surface area contributed by atoms with Crippen molar-refractivity contribution in [1.82, 2.24) is 0 Å². The molecule has 2 N–H and O–H groups in total. The first-order valence-corrected chi connectivity index (χ1v) is 11.4. The molecule has 3 aromatic carbocycles. The molecule has 1 atom stereocenters. The van der Waals surface area contributed by atoms with E-state index in [1.807, 2.05) is 31.2 Å². The number of aliphatic hydroxyl groups excluding tert-OH is 1. The van der Waals surface area contributed by atoms with Crippen LogP contribution in [-0.2, 0) is 9.59 Å². The Morgan fingerprint density at radius 3 is 2.18 bits per heavy atom. The summed E-state index contributed by atoms with van der Waals surface area (Å²) < 4.78 is 0.875. The predicted molar refractivity (Wildman–Crippen MR) is 132 cm³/mol. The van der Waals surface area contributed by atoms with E-state index in [9.17, 15) is 19.8 Å². The minimum absolute atomic E-state index is 0.0142. The summed E-state index contributed by atoms with van der Waals surface area (Å²) in [4.78, 5) is 27.8. The molecule has 4 rings (SSSR count). The first-order chi connectivity index (χ1) is 15.7. The van der Waals surface area contributed by atoms with Crippen LogP contribution in [0.4, 0.5) is 5.69 Å². The number of nitrogens with zero attached hydrogens (tertiary/aromatic N) is 1. The molecule has 0 aromatic heterocycles. The third kappa shape index (κ3) is 4.18. The highest BCUT2D eigenvalue weighted by Gasteiger charge is 2.47. The summed E-state index contributed by atoms with van der Waals surface area (Å²) in [6.45, 7) is 6.04. The topological polar surface area (TPSA) is 77.8 Å². The molecule has 1 heterocycles. The Labute approximate surface area is 201 Å². The number of benzene rings is 3. The van der Waals surface area contributed by atoms with E-state index in [2.05, 4.69) is 29.8 Å². The van der Waals surface area contributed by atoms with Crippen LogP contribution < -0.4 is 4.90 Å². The molecule has 1 fully saturated rings. The molecule has 0 aliphatic carbocycles. The number of halogens is 1. The third-order valence-corrected chi connectivity index (χ3v) is 6.81. The molecule has 3 aromatic rings. The van der Waals surface area contributed by atoms with Crippen LogP contribution in [0, 0.1) is 6.92 Å². The number of aromatic hydroxyl groups is 1. The highest BCUT2D eigenvalue weighted by atomic mass is 79.9. The van der Waals surface area contributed by atoms with Gasteiger partial charge in [-0.3, -0.25) is 14.5 Å². The van der Waals surface area contributed by atoms with Crippen LogP contribution in [-0.4, -0.2) is 21.9 Å². The summed E-state index contributed by atoms with van der Waals surface area (Å²) in [7, 11) is 0. The molecule has 1 aliphatic heterocycles. The molecule has 0 radical (unpaired) electrons. The van der Waals surface area contributed by atoms with Gasteiger partial charge in [0.2, 0.25) is 0 Å². The van der Waals surface area contributed by atoms with E-state index in [0.29, 0.717) is 22.7 Å². The van der Waals surface area contributed by atoms with Gasteiger partial charge in [0.25, 0.3) is 11.7 Å². The SMILES string of the molecule is Cc1cc(/C(O)=C2/C(=O)C(=O)N(c3ccc(C(C)C)cc3)C2c2ccc(O)cc2)ccc1Br. The van der Waals surface area contributed by atoms with Crippen molar-refractivity contribution in [3.63, 3.8) is 0 Å². The molecule has 168 valence electrons. The second-order valence-corrected chi connectivity index (χ2v) is 9.33. The van der Waals surface area contributed by atoms with Gasteiger partial charge < -0.3 is 10.2 Å². The molecule has 0 bridgehead atoms. The number of hydrogen-bond acceptors (Lipinski definition) is 4. The van der Waals surface area contributed by atoms with Crippen LogP contribution in [0.2, 0.25) is 0 Å². The number of rotatable bonds is 4. The minimum atomic E-state index is -0.834. The summed E-state index contributed by atoms with van der Waals surface area (Å²) in [5.74, 6) is -1.30. The summed E-state index contributed by atoms with van der Waals surface area (Å²) in [6, 6.07) is 18.2. The average Bonchev–Trinajstić information content (AvgIpc) is 3.06. The quantitative estimate of drug-likeness (QED) is 0.251. The van der Waals surface area contributed by atoms with Gasteiger partial charge in [-0.1, -0.05) is 60.1 Å². The van der Waals surface area contributed by atoms with E-state index < -0.39 is 17.7 Å². The smallest absolute Gasteiger partial charge is 0.300 e. The Hall–Kier alpha value is -3.38. The average molecular weight is 506 g/mol. The number of phenols is 1. The van der Waals surface area contributed by atoms with Crippen molar-refractivity contribution in [1.29, 1.82) is 0 Å². The largest absolute Gasteiger partial charge is 0.508 e. The molecule has 6 heteroatoms. The van der Waals surface area contributed by atoms with Gasteiger partial charge in [-0.05, 0) is 65.9 Å². The summed E-state index contributed by atoms with van der Waals surface area (Å²) in [6.07, 6.45) is 0. The van der Waals surface area contributed by atoms with Crippen molar-refractivity contribution < 1.29 is 19.8 Å². The number of aliphatic hydroxyl groups is 1. The number of aryl methyl sites for hydroxylation is 1. The number of ketones is 1. The van der Waals surface area contributed by atoms with E-state index in [0.717, 1.165) is 15.6 Å². The number of anilines is 1. The van der Waals surface area contributed by atoms with E-state index in [1.165, 1.54) is 17.0 Å². The molecule has 1 aliphatic rings. The van der Waals surface area contributed by atoms with Crippen LogP contribution in [0.3, 0.4) is 0 Å². The molecule has 0 spiro atoms. The first kappa shape index (κ1) is 22.8. The maximum atomic E-state index is 13.2. The van der Waals surface area contributed by atoms with E-state index >= 15 is 0 Å². The van der Waals surface area contributed by atoms with E-state index in [4.69, 9.17) is 0 Å². The summed E-state index contributed by atoms with van der Waals surface area (Å²) in [5.41, 5.74) is 3.63. The Kier molecular flexibility index (Phi) is 6.13. The number of hydrogen-bond donors (Lipinski definition) is 2. The zero-order chi connectivity index (χ0) is 23.9. The van der Waals surface area contributed by atoms with Gasteiger partial charge in [0, 0.05) is 15.7 Å². The second kappa shape index (κ2) is 8.87. The van der Waals surface area contributed by atoms with E-state index in [1.54, 1.807) is 30.3 Å². The predicted octanol–water partition coefficient (Wildman–Crippen LogP) is 6.21. The van der Waals surface area contributed by atoms with Crippen molar-refractivity contribution in [2.24, 2.45) is 0 Å².